The van der Waals surface area contributed by atoms with Gasteiger partial charge < -0.3 is 14.2 Å². The molecule has 1 rings (SSSR count). The number of carbonyl (C=O) groups is 2. The maximum absolute atomic E-state index is 10.8. The third-order valence-electron chi connectivity index (χ3n) is 2.06. The fourth-order valence-electron chi connectivity index (χ4n) is 1.64. The van der Waals surface area contributed by atoms with Gasteiger partial charge in [0.15, 0.2) is 0 Å². The van der Waals surface area contributed by atoms with Crippen LogP contribution in [0.4, 0.5) is 0 Å². The van der Waals surface area contributed by atoms with Crippen molar-refractivity contribution in [1.29, 1.82) is 0 Å². The van der Waals surface area contributed by atoms with E-state index < -0.39 is 12.3 Å². The zero-order valence-electron chi connectivity index (χ0n) is 9.19. The van der Waals surface area contributed by atoms with Crippen LogP contribution < -0.4 is 0 Å². The van der Waals surface area contributed by atoms with E-state index in [-0.39, 0.29) is 18.2 Å². The van der Waals surface area contributed by atoms with Gasteiger partial charge in [-0.05, 0) is 6.92 Å². The maximum Gasteiger partial charge on any atom is 0.304 e. The number of carbonyl (C=O) groups excluding carboxylic acids is 2. The first-order chi connectivity index (χ1) is 6.97. The summed E-state index contributed by atoms with van der Waals surface area (Å²) in [6.07, 6.45) is 0.138. The average Bonchev–Trinajstić information content (AvgIpc) is 1.98. The highest BCUT2D eigenvalue weighted by Gasteiger charge is 2.30. The van der Waals surface area contributed by atoms with Crippen LogP contribution in [0.15, 0.2) is 0 Å². The Hall–Kier alpha value is -1.10. The second kappa shape index (κ2) is 5.11. The zero-order chi connectivity index (χ0) is 11.4. The van der Waals surface area contributed by atoms with Gasteiger partial charge in [0.25, 0.3) is 0 Å². The number of ether oxygens (including phenoxy) is 3. The van der Waals surface area contributed by atoms with Gasteiger partial charge in [-0.25, -0.2) is 0 Å². The summed E-state index contributed by atoms with van der Waals surface area (Å²) in [4.78, 5) is 21.5. The summed E-state index contributed by atoms with van der Waals surface area (Å²) in [6, 6.07) is 0. The minimum absolute atomic E-state index is 0.0764. The van der Waals surface area contributed by atoms with Crippen molar-refractivity contribution in [1.82, 2.24) is 0 Å². The van der Waals surface area contributed by atoms with Crippen molar-refractivity contribution in [3.63, 3.8) is 0 Å². The lowest BCUT2D eigenvalue weighted by molar-refractivity contribution is -0.215. The van der Waals surface area contributed by atoms with E-state index in [4.69, 9.17) is 14.2 Å². The summed E-state index contributed by atoms with van der Waals surface area (Å²) in [5, 5.41) is 0. The van der Waals surface area contributed by atoms with E-state index in [1.165, 1.54) is 13.8 Å². The van der Waals surface area contributed by atoms with Gasteiger partial charge in [0.05, 0.1) is 6.10 Å². The molecule has 0 saturated carbocycles. The molecule has 0 radical (unpaired) electrons. The zero-order valence-corrected chi connectivity index (χ0v) is 9.19. The summed E-state index contributed by atoms with van der Waals surface area (Å²) in [6.45, 7) is 4.54. The molecule has 3 atom stereocenters. The third kappa shape index (κ3) is 4.29. The first-order valence-corrected chi connectivity index (χ1v) is 4.97. The lowest BCUT2D eigenvalue weighted by atomic mass is 10.1. The fraction of sp³-hybridized carbons (Fsp3) is 0.800. The molecule has 0 bridgehead atoms. The Morgan fingerprint density at radius 3 is 2.27 bits per heavy atom. The number of hydrogen-bond donors (Lipinski definition) is 0. The molecule has 0 spiro atoms. The van der Waals surface area contributed by atoms with E-state index in [1.54, 1.807) is 0 Å². The largest absolute Gasteiger partial charge is 0.462 e. The van der Waals surface area contributed by atoms with Crippen LogP contribution in [0.1, 0.15) is 33.6 Å². The summed E-state index contributed by atoms with van der Waals surface area (Å²) >= 11 is 0. The van der Waals surface area contributed by atoms with Crippen LogP contribution in [0.3, 0.4) is 0 Å². The maximum atomic E-state index is 10.8. The fourth-order valence-corrected chi connectivity index (χ4v) is 1.64. The van der Waals surface area contributed by atoms with Crippen molar-refractivity contribution in [3.05, 3.63) is 0 Å². The minimum Gasteiger partial charge on any atom is -0.462 e. The molecule has 1 aliphatic heterocycles. The Bertz CT molecular complexity index is 226. The SMILES string of the molecule is CC(=O)O[C@@H]1C[C@@H](OC(C)=O)O[C@H](C)C1. The monoisotopic (exact) mass is 216 g/mol. The van der Waals surface area contributed by atoms with Gasteiger partial charge in [-0.2, -0.15) is 0 Å². The standard InChI is InChI=1S/C10H16O5/c1-6-4-9(14-7(2)11)5-10(13-6)15-8(3)12/h6,9-10H,4-5H2,1-3H3/t6-,9+,10-/m1/s1. The number of hydrogen-bond acceptors (Lipinski definition) is 5. The summed E-state index contributed by atoms with van der Waals surface area (Å²) in [7, 11) is 0. The molecular weight excluding hydrogens is 200 g/mol. The van der Waals surface area contributed by atoms with Gasteiger partial charge in [-0.15, -0.1) is 0 Å². The van der Waals surface area contributed by atoms with E-state index in [9.17, 15) is 9.59 Å². The van der Waals surface area contributed by atoms with E-state index in [0.29, 0.717) is 12.8 Å². The molecule has 5 heteroatoms. The van der Waals surface area contributed by atoms with Crippen LogP contribution >= 0.6 is 0 Å². The van der Waals surface area contributed by atoms with Gasteiger partial charge in [-0.3, -0.25) is 9.59 Å². The lowest BCUT2D eigenvalue weighted by Gasteiger charge is -2.32. The molecule has 15 heavy (non-hydrogen) atoms. The van der Waals surface area contributed by atoms with Crippen molar-refractivity contribution < 1.29 is 23.8 Å². The molecule has 1 heterocycles. The Labute approximate surface area is 88.7 Å². The van der Waals surface area contributed by atoms with Gasteiger partial charge >= 0.3 is 11.9 Å². The second-order valence-corrected chi connectivity index (χ2v) is 3.69. The smallest absolute Gasteiger partial charge is 0.304 e. The van der Waals surface area contributed by atoms with E-state index in [0.717, 1.165) is 0 Å². The number of esters is 2. The predicted octanol–water partition coefficient (Wildman–Crippen LogP) is 1.01. The quantitative estimate of drug-likeness (QED) is 0.644. The molecule has 1 aliphatic rings. The van der Waals surface area contributed by atoms with Crippen LogP contribution in [-0.2, 0) is 23.8 Å². The van der Waals surface area contributed by atoms with Crippen LogP contribution in [0.2, 0.25) is 0 Å². The first-order valence-electron chi connectivity index (χ1n) is 4.97. The van der Waals surface area contributed by atoms with Gasteiger partial charge in [-0.1, -0.05) is 0 Å². The molecule has 5 nitrogen and oxygen atoms in total. The van der Waals surface area contributed by atoms with Crippen molar-refractivity contribution >= 4 is 11.9 Å². The normalized spacial score (nSPS) is 30.7. The van der Waals surface area contributed by atoms with E-state index in [1.807, 2.05) is 6.92 Å². The van der Waals surface area contributed by atoms with Crippen LogP contribution in [0.25, 0.3) is 0 Å². The Morgan fingerprint density at radius 1 is 1.13 bits per heavy atom. The molecule has 1 saturated heterocycles. The van der Waals surface area contributed by atoms with Crippen LogP contribution in [-0.4, -0.2) is 30.4 Å². The molecule has 0 aliphatic carbocycles. The molecule has 0 N–H and O–H groups in total. The Balaban J connectivity index is 2.47. The molecule has 86 valence electrons. The Kier molecular flexibility index (Phi) is 4.08. The van der Waals surface area contributed by atoms with Crippen LogP contribution in [0, 0.1) is 0 Å². The molecular formula is C10H16O5. The van der Waals surface area contributed by atoms with Crippen molar-refractivity contribution in [3.8, 4) is 0 Å². The van der Waals surface area contributed by atoms with Crippen molar-refractivity contribution in [2.24, 2.45) is 0 Å². The number of rotatable bonds is 2. The highest BCUT2D eigenvalue weighted by Crippen LogP contribution is 2.22. The van der Waals surface area contributed by atoms with Crippen LogP contribution in [0.5, 0.6) is 0 Å². The molecule has 0 aromatic carbocycles. The topological polar surface area (TPSA) is 61.8 Å². The van der Waals surface area contributed by atoms with Gasteiger partial charge in [0, 0.05) is 26.7 Å². The molecule has 0 aromatic heterocycles. The molecule has 0 aromatic rings. The summed E-state index contributed by atoms with van der Waals surface area (Å²) in [5.74, 6) is -0.716. The van der Waals surface area contributed by atoms with E-state index >= 15 is 0 Å². The average molecular weight is 216 g/mol. The van der Waals surface area contributed by atoms with E-state index in [2.05, 4.69) is 0 Å². The Morgan fingerprint density at radius 2 is 1.73 bits per heavy atom. The van der Waals surface area contributed by atoms with Gasteiger partial charge in [0.1, 0.15) is 6.10 Å². The first kappa shape index (κ1) is 12.0. The van der Waals surface area contributed by atoms with Crippen molar-refractivity contribution in [2.45, 2.75) is 52.1 Å². The summed E-state index contributed by atoms with van der Waals surface area (Å²) in [5.41, 5.74) is 0. The van der Waals surface area contributed by atoms with Crippen molar-refractivity contribution in [2.75, 3.05) is 0 Å². The lowest BCUT2D eigenvalue weighted by Crippen LogP contribution is -2.38. The molecule has 0 amide bonds. The predicted molar refractivity (Wildman–Crippen MR) is 50.9 cm³/mol. The highest BCUT2D eigenvalue weighted by atomic mass is 16.7. The third-order valence-corrected chi connectivity index (χ3v) is 2.06. The molecule has 0 unspecified atom stereocenters. The molecule has 1 fully saturated rings. The second-order valence-electron chi connectivity index (χ2n) is 3.69. The highest BCUT2D eigenvalue weighted by molar-refractivity contribution is 5.66. The minimum atomic E-state index is -0.601. The summed E-state index contributed by atoms with van der Waals surface area (Å²) < 4.78 is 15.4. The van der Waals surface area contributed by atoms with Gasteiger partial charge in [0.2, 0.25) is 6.29 Å².